The Morgan fingerprint density at radius 1 is 0.545 bits per heavy atom. The Morgan fingerprint density at radius 2 is 1.00 bits per heavy atom. The van der Waals surface area contributed by atoms with Crippen molar-refractivity contribution in [2.24, 2.45) is 0 Å². The summed E-state index contributed by atoms with van der Waals surface area (Å²) in [4.78, 5) is 36.7. The number of quaternary nitrogens is 1. The minimum atomic E-state index is -1.13. The molecule has 0 spiro atoms. The van der Waals surface area contributed by atoms with Gasteiger partial charge in [-0.25, -0.2) is 0 Å². The number of esters is 2. The number of ether oxygens (including phenoxy) is 3. The molecule has 0 amide bonds. The maximum Gasteiger partial charge on any atom is 0.306 e. The number of aliphatic carboxylic acids is 1. The monoisotopic (exact) mass is 776 g/mol. The van der Waals surface area contributed by atoms with Gasteiger partial charge in [-0.2, -0.15) is 0 Å². The number of hydrogen-bond donors (Lipinski definition) is 0. The number of rotatable bonds is 40. The van der Waals surface area contributed by atoms with E-state index < -0.39 is 18.1 Å². The van der Waals surface area contributed by atoms with Crippen molar-refractivity contribution >= 4 is 17.9 Å². The third-order valence-corrected chi connectivity index (χ3v) is 10.0. The third-order valence-electron chi connectivity index (χ3n) is 10.0. The number of nitrogens with zero attached hydrogens (tertiary/aromatic N) is 1. The topological polar surface area (TPSA) is 102 Å². The first kappa shape index (κ1) is 52.6. The molecule has 0 saturated carbocycles. The second-order valence-electron chi connectivity index (χ2n) is 16.3. The van der Waals surface area contributed by atoms with Crippen LogP contribution in [0.4, 0.5) is 0 Å². The number of unbranched alkanes of at least 4 members (excludes halogenated alkanes) is 20. The normalized spacial score (nSPS) is 13.3. The summed E-state index contributed by atoms with van der Waals surface area (Å²) in [6.45, 7) is 4.57. The Labute approximate surface area is 338 Å². The van der Waals surface area contributed by atoms with Gasteiger partial charge >= 0.3 is 11.9 Å². The first-order valence-electron chi connectivity index (χ1n) is 22.5. The van der Waals surface area contributed by atoms with Gasteiger partial charge < -0.3 is 28.6 Å². The van der Waals surface area contributed by atoms with Crippen LogP contribution in [0.25, 0.3) is 0 Å². The van der Waals surface area contributed by atoms with Crippen LogP contribution in [-0.2, 0) is 28.6 Å². The number of likely N-dealkylation sites (N-methyl/N-ethyl adjacent to an activating group) is 1. The standard InChI is InChI=1S/C47H85NO7/c1-6-8-10-12-14-16-17-18-19-20-21-22-23-24-25-26-27-28-29-30-32-34-36-38-46(50)55-43(41-53-40-39-44(47(51)52)48(3,4)5)42-54-45(49)37-35-33-31-15-13-11-9-7-2/h21-22,24-25,31,33,43-44H,6-20,23,26-30,32,34-42H2,1-5H3/b22-21+,25-24+,33-31+. The van der Waals surface area contributed by atoms with E-state index in [9.17, 15) is 19.5 Å². The molecule has 0 aromatic heterocycles. The van der Waals surface area contributed by atoms with Gasteiger partial charge in [-0.1, -0.05) is 153 Å². The van der Waals surface area contributed by atoms with Crippen LogP contribution in [0.3, 0.4) is 0 Å². The molecule has 0 aromatic rings. The van der Waals surface area contributed by atoms with Crippen molar-refractivity contribution in [3.8, 4) is 0 Å². The molecule has 0 aromatic carbocycles. The molecule has 2 atom stereocenters. The quantitative estimate of drug-likeness (QED) is 0.0264. The van der Waals surface area contributed by atoms with E-state index in [1.165, 1.54) is 109 Å². The van der Waals surface area contributed by atoms with Gasteiger partial charge in [0.15, 0.2) is 6.10 Å². The number of carbonyl (C=O) groups excluding carboxylic acids is 3. The van der Waals surface area contributed by atoms with Gasteiger partial charge in [0.2, 0.25) is 0 Å². The Morgan fingerprint density at radius 3 is 1.51 bits per heavy atom. The van der Waals surface area contributed by atoms with E-state index in [4.69, 9.17) is 14.2 Å². The second-order valence-corrected chi connectivity index (χ2v) is 16.3. The first-order chi connectivity index (χ1) is 26.6. The zero-order chi connectivity index (χ0) is 40.7. The molecule has 0 radical (unpaired) electrons. The number of carboxylic acids is 1. The number of carboxylic acid groups (broad SMARTS) is 1. The molecule has 0 aliphatic carbocycles. The predicted molar refractivity (Wildman–Crippen MR) is 227 cm³/mol. The molecule has 8 heteroatoms. The second kappa shape index (κ2) is 38.4. The zero-order valence-corrected chi connectivity index (χ0v) is 36.3. The van der Waals surface area contributed by atoms with Gasteiger partial charge in [0.05, 0.1) is 40.3 Å². The smallest absolute Gasteiger partial charge is 0.306 e. The van der Waals surface area contributed by atoms with E-state index in [1.54, 1.807) is 21.1 Å². The van der Waals surface area contributed by atoms with Gasteiger partial charge in [0.1, 0.15) is 12.6 Å². The van der Waals surface area contributed by atoms with Crippen LogP contribution in [-0.4, -0.2) is 75.5 Å². The van der Waals surface area contributed by atoms with Crippen molar-refractivity contribution in [2.75, 3.05) is 41.0 Å². The van der Waals surface area contributed by atoms with Crippen molar-refractivity contribution in [3.63, 3.8) is 0 Å². The first-order valence-corrected chi connectivity index (χ1v) is 22.5. The predicted octanol–water partition coefficient (Wildman–Crippen LogP) is 10.9. The highest BCUT2D eigenvalue weighted by molar-refractivity contribution is 5.70. The van der Waals surface area contributed by atoms with E-state index in [2.05, 4.69) is 44.2 Å². The number of allylic oxidation sites excluding steroid dienone is 6. The number of hydrogen-bond acceptors (Lipinski definition) is 7. The van der Waals surface area contributed by atoms with E-state index in [1.807, 2.05) is 6.08 Å². The summed E-state index contributed by atoms with van der Waals surface area (Å²) in [5.74, 6) is -1.81. The Balaban J connectivity index is 4.22. The maximum absolute atomic E-state index is 12.7. The van der Waals surface area contributed by atoms with Crippen LogP contribution in [0.1, 0.15) is 194 Å². The lowest BCUT2D eigenvalue weighted by Gasteiger charge is -2.34. The third kappa shape index (κ3) is 36.9. The highest BCUT2D eigenvalue weighted by Crippen LogP contribution is 2.14. The minimum absolute atomic E-state index is 0.0267. The SMILES string of the molecule is CCCCCC/C=C/CCC(=O)OCC(COCCC(C(=O)[O-])[N+](C)(C)C)OC(=O)CCCCCCCCC/C=C/C/C=C/CCCCCCCCCCC. The van der Waals surface area contributed by atoms with Crippen molar-refractivity contribution in [1.29, 1.82) is 0 Å². The molecule has 0 rings (SSSR count). The molecule has 320 valence electrons. The van der Waals surface area contributed by atoms with Gasteiger partial charge in [-0.3, -0.25) is 9.59 Å². The Hall–Kier alpha value is -2.45. The van der Waals surface area contributed by atoms with Gasteiger partial charge in [0, 0.05) is 19.3 Å². The summed E-state index contributed by atoms with van der Waals surface area (Å²) in [5.41, 5.74) is 0. The van der Waals surface area contributed by atoms with E-state index in [0.717, 1.165) is 44.9 Å². The molecule has 55 heavy (non-hydrogen) atoms. The van der Waals surface area contributed by atoms with Crippen molar-refractivity contribution in [1.82, 2.24) is 0 Å². The lowest BCUT2D eigenvalue weighted by Crippen LogP contribution is -2.55. The molecular weight excluding hydrogens is 691 g/mol. The zero-order valence-electron chi connectivity index (χ0n) is 36.3. The van der Waals surface area contributed by atoms with Crippen LogP contribution < -0.4 is 5.11 Å². The molecule has 0 N–H and O–H groups in total. The minimum Gasteiger partial charge on any atom is -0.544 e. The summed E-state index contributed by atoms with van der Waals surface area (Å²) < 4.78 is 17.0. The maximum atomic E-state index is 12.7. The van der Waals surface area contributed by atoms with Gasteiger partial charge in [0.25, 0.3) is 0 Å². The summed E-state index contributed by atoms with van der Waals surface area (Å²) in [5, 5.41) is 11.6. The fourth-order valence-corrected chi connectivity index (χ4v) is 6.47. The molecular formula is C47H85NO7. The summed E-state index contributed by atoms with van der Waals surface area (Å²) >= 11 is 0. The van der Waals surface area contributed by atoms with Crippen LogP contribution in [0.2, 0.25) is 0 Å². The van der Waals surface area contributed by atoms with E-state index >= 15 is 0 Å². The molecule has 0 aliphatic rings. The van der Waals surface area contributed by atoms with Gasteiger partial charge in [-0.05, 0) is 57.8 Å². The lowest BCUT2D eigenvalue weighted by atomic mass is 10.1. The molecule has 2 unspecified atom stereocenters. The van der Waals surface area contributed by atoms with Crippen molar-refractivity contribution in [2.45, 2.75) is 206 Å². The van der Waals surface area contributed by atoms with E-state index in [0.29, 0.717) is 12.8 Å². The van der Waals surface area contributed by atoms with Crippen LogP contribution in [0, 0.1) is 0 Å². The average molecular weight is 776 g/mol. The molecule has 0 bridgehead atoms. The van der Waals surface area contributed by atoms with E-state index in [-0.39, 0.29) is 49.1 Å². The highest BCUT2D eigenvalue weighted by atomic mass is 16.6. The average Bonchev–Trinajstić information content (AvgIpc) is 3.14. The molecule has 0 fully saturated rings. The van der Waals surface area contributed by atoms with Crippen molar-refractivity contribution < 1.29 is 38.2 Å². The highest BCUT2D eigenvalue weighted by Gasteiger charge is 2.25. The van der Waals surface area contributed by atoms with Crippen LogP contribution >= 0.6 is 0 Å². The lowest BCUT2D eigenvalue weighted by molar-refractivity contribution is -0.889. The fraction of sp³-hybridized carbons (Fsp3) is 0.809. The Kier molecular flexibility index (Phi) is 36.7. The summed E-state index contributed by atoms with van der Waals surface area (Å²) in [6, 6.07) is -0.730. The van der Waals surface area contributed by atoms with Crippen LogP contribution in [0.15, 0.2) is 36.5 Å². The molecule has 8 nitrogen and oxygen atoms in total. The molecule has 0 saturated heterocycles. The van der Waals surface area contributed by atoms with Crippen molar-refractivity contribution in [3.05, 3.63) is 36.5 Å². The fourth-order valence-electron chi connectivity index (χ4n) is 6.47. The molecule has 0 aliphatic heterocycles. The summed E-state index contributed by atoms with van der Waals surface area (Å²) in [6.07, 6.45) is 43.5. The molecule has 0 heterocycles. The van der Waals surface area contributed by atoms with Gasteiger partial charge in [-0.15, -0.1) is 0 Å². The number of carbonyl (C=O) groups is 3. The van der Waals surface area contributed by atoms with Crippen LogP contribution in [0.5, 0.6) is 0 Å². The Bertz CT molecular complexity index is 1000. The largest absolute Gasteiger partial charge is 0.544 e. The summed E-state index contributed by atoms with van der Waals surface area (Å²) in [7, 11) is 5.39.